The summed E-state index contributed by atoms with van der Waals surface area (Å²) < 4.78 is 15.8. The van der Waals surface area contributed by atoms with E-state index in [9.17, 15) is 0 Å². The molecule has 7 nitrogen and oxygen atoms in total. The number of nitrogens with zero attached hydrogens (tertiary/aromatic N) is 2. The van der Waals surface area contributed by atoms with E-state index in [0.29, 0.717) is 13.3 Å². The Morgan fingerprint density at radius 3 is 2.81 bits per heavy atom. The Labute approximate surface area is 173 Å². The average Bonchev–Trinajstić information content (AvgIpc) is 3.07. The molecule has 2 rings (SSSR count). The number of methoxy groups -OCH3 is 1. The van der Waals surface area contributed by atoms with Crippen LogP contribution in [-0.2, 0) is 11.3 Å². The molecular weight excluding hydrogens is 447 g/mol. The predicted octanol–water partition coefficient (Wildman–Crippen LogP) is 2.06. The molecule has 0 bridgehead atoms. The standard InChI is InChI=1S/C18H30N4O3.HI/c1-4-19-18(20-8-10-22(2)9-5-11-23-3)21-13-15-6-7-16-17(12-15)25-14-24-16;/h6-7,12H,4-5,8-11,13-14H2,1-3H3,(H2,19,20,21);1H. The molecule has 148 valence electrons. The van der Waals surface area contributed by atoms with Crippen LogP contribution in [0.4, 0.5) is 0 Å². The first-order valence-corrected chi connectivity index (χ1v) is 8.81. The van der Waals surface area contributed by atoms with E-state index >= 15 is 0 Å². The van der Waals surface area contributed by atoms with Gasteiger partial charge in [0.15, 0.2) is 17.5 Å². The molecule has 8 heteroatoms. The van der Waals surface area contributed by atoms with Gasteiger partial charge in [0.2, 0.25) is 6.79 Å². The van der Waals surface area contributed by atoms with Gasteiger partial charge < -0.3 is 29.7 Å². The van der Waals surface area contributed by atoms with Crippen molar-refractivity contribution in [3.63, 3.8) is 0 Å². The second-order valence-corrected chi connectivity index (χ2v) is 5.96. The lowest BCUT2D eigenvalue weighted by Crippen LogP contribution is -2.41. The van der Waals surface area contributed by atoms with Gasteiger partial charge in [-0.05, 0) is 38.1 Å². The fraction of sp³-hybridized carbons (Fsp3) is 0.611. The lowest BCUT2D eigenvalue weighted by atomic mass is 10.2. The second-order valence-electron chi connectivity index (χ2n) is 5.96. The van der Waals surface area contributed by atoms with E-state index in [1.165, 1.54) is 0 Å². The molecule has 0 aromatic heterocycles. The van der Waals surface area contributed by atoms with Gasteiger partial charge in [-0.15, -0.1) is 24.0 Å². The number of aliphatic imine (C=N–C) groups is 1. The molecule has 0 spiro atoms. The van der Waals surface area contributed by atoms with E-state index in [1.54, 1.807) is 7.11 Å². The third kappa shape index (κ3) is 7.96. The minimum atomic E-state index is 0. The van der Waals surface area contributed by atoms with E-state index in [4.69, 9.17) is 14.2 Å². The molecule has 0 saturated carbocycles. The van der Waals surface area contributed by atoms with Crippen molar-refractivity contribution >= 4 is 29.9 Å². The third-order valence-corrected chi connectivity index (χ3v) is 3.88. The lowest BCUT2D eigenvalue weighted by Gasteiger charge is -2.18. The first-order valence-electron chi connectivity index (χ1n) is 8.81. The summed E-state index contributed by atoms with van der Waals surface area (Å²) in [4.78, 5) is 6.93. The highest BCUT2D eigenvalue weighted by atomic mass is 127. The number of nitrogens with one attached hydrogen (secondary N) is 2. The second kappa shape index (κ2) is 13.0. The minimum absolute atomic E-state index is 0. The van der Waals surface area contributed by atoms with Crippen molar-refractivity contribution in [3.05, 3.63) is 23.8 Å². The monoisotopic (exact) mass is 478 g/mol. The summed E-state index contributed by atoms with van der Waals surface area (Å²) in [6, 6.07) is 5.94. The SMILES string of the molecule is CCNC(=NCc1ccc2c(c1)OCO2)NCCN(C)CCCOC.I. The first-order chi connectivity index (χ1) is 12.2. The van der Waals surface area contributed by atoms with Crippen LogP contribution in [0, 0.1) is 0 Å². The zero-order chi connectivity index (χ0) is 17.9. The predicted molar refractivity (Wildman–Crippen MR) is 115 cm³/mol. The van der Waals surface area contributed by atoms with Gasteiger partial charge in [0.25, 0.3) is 0 Å². The fourth-order valence-corrected chi connectivity index (χ4v) is 2.51. The summed E-state index contributed by atoms with van der Waals surface area (Å²) in [6.45, 7) is 7.41. The fourth-order valence-electron chi connectivity index (χ4n) is 2.51. The molecular formula is C18H31IN4O3. The molecule has 0 unspecified atom stereocenters. The average molecular weight is 478 g/mol. The van der Waals surface area contributed by atoms with Gasteiger partial charge >= 0.3 is 0 Å². The Kier molecular flexibility index (Phi) is 11.4. The molecule has 1 aliphatic rings. The lowest BCUT2D eigenvalue weighted by molar-refractivity contribution is 0.174. The van der Waals surface area contributed by atoms with Crippen LogP contribution < -0.4 is 20.1 Å². The molecule has 1 heterocycles. The number of hydrogen-bond donors (Lipinski definition) is 2. The van der Waals surface area contributed by atoms with Crippen molar-refractivity contribution in [2.24, 2.45) is 4.99 Å². The van der Waals surface area contributed by atoms with Gasteiger partial charge in [0.05, 0.1) is 6.54 Å². The van der Waals surface area contributed by atoms with Gasteiger partial charge in [0, 0.05) is 39.9 Å². The number of fused-ring (bicyclic) bond motifs is 1. The summed E-state index contributed by atoms with van der Waals surface area (Å²) in [5.74, 6) is 2.42. The smallest absolute Gasteiger partial charge is 0.231 e. The topological polar surface area (TPSA) is 67.4 Å². The van der Waals surface area contributed by atoms with E-state index in [0.717, 1.165) is 62.2 Å². The zero-order valence-corrected chi connectivity index (χ0v) is 18.2. The van der Waals surface area contributed by atoms with Crippen LogP contribution in [0.2, 0.25) is 0 Å². The van der Waals surface area contributed by atoms with Crippen LogP contribution in [0.25, 0.3) is 0 Å². The van der Waals surface area contributed by atoms with E-state index in [1.807, 2.05) is 18.2 Å². The highest BCUT2D eigenvalue weighted by Crippen LogP contribution is 2.32. The van der Waals surface area contributed by atoms with Gasteiger partial charge in [-0.1, -0.05) is 6.07 Å². The van der Waals surface area contributed by atoms with Crippen LogP contribution in [0.5, 0.6) is 11.5 Å². The molecule has 0 radical (unpaired) electrons. The van der Waals surface area contributed by atoms with E-state index < -0.39 is 0 Å². The first kappa shape index (κ1) is 22.8. The van der Waals surface area contributed by atoms with Crippen molar-refractivity contribution in [3.8, 4) is 11.5 Å². The van der Waals surface area contributed by atoms with Gasteiger partial charge in [-0.2, -0.15) is 0 Å². The maximum absolute atomic E-state index is 5.41. The number of ether oxygens (including phenoxy) is 3. The number of guanidine groups is 1. The van der Waals surface area contributed by atoms with Crippen LogP contribution in [0.1, 0.15) is 18.9 Å². The molecule has 0 atom stereocenters. The normalized spacial score (nSPS) is 12.8. The van der Waals surface area contributed by atoms with Crippen LogP contribution in [0.3, 0.4) is 0 Å². The number of halogens is 1. The molecule has 0 amide bonds. The van der Waals surface area contributed by atoms with Crippen molar-refractivity contribution < 1.29 is 14.2 Å². The number of likely N-dealkylation sites (N-methyl/N-ethyl adjacent to an activating group) is 1. The maximum atomic E-state index is 5.41. The maximum Gasteiger partial charge on any atom is 0.231 e. The summed E-state index contributed by atoms with van der Waals surface area (Å²) in [6.07, 6.45) is 1.05. The molecule has 1 aromatic rings. The summed E-state index contributed by atoms with van der Waals surface area (Å²) >= 11 is 0. The van der Waals surface area contributed by atoms with E-state index in [-0.39, 0.29) is 24.0 Å². The highest BCUT2D eigenvalue weighted by molar-refractivity contribution is 14.0. The Morgan fingerprint density at radius 2 is 2.04 bits per heavy atom. The summed E-state index contributed by atoms with van der Waals surface area (Å²) in [5.41, 5.74) is 1.10. The Morgan fingerprint density at radius 1 is 1.23 bits per heavy atom. The van der Waals surface area contributed by atoms with Gasteiger partial charge in [-0.3, -0.25) is 0 Å². The van der Waals surface area contributed by atoms with Gasteiger partial charge in [-0.25, -0.2) is 4.99 Å². The van der Waals surface area contributed by atoms with Crippen molar-refractivity contribution in [1.82, 2.24) is 15.5 Å². The molecule has 2 N–H and O–H groups in total. The largest absolute Gasteiger partial charge is 0.454 e. The molecule has 0 aliphatic carbocycles. The Hall–Kier alpha value is -1.26. The summed E-state index contributed by atoms with van der Waals surface area (Å²) in [7, 11) is 3.86. The van der Waals surface area contributed by atoms with E-state index in [2.05, 4.69) is 34.5 Å². The molecule has 0 saturated heterocycles. The van der Waals surface area contributed by atoms with Crippen molar-refractivity contribution in [1.29, 1.82) is 0 Å². The zero-order valence-electron chi connectivity index (χ0n) is 15.9. The third-order valence-electron chi connectivity index (χ3n) is 3.88. The van der Waals surface area contributed by atoms with Gasteiger partial charge in [0.1, 0.15) is 0 Å². The van der Waals surface area contributed by atoms with Crippen LogP contribution >= 0.6 is 24.0 Å². The number of rotatable bonds is 10. The Bertz CT molecular complexity index is 557. The molecule has 1 aliphatic heterocycles. The molecule has 1 aromatic carbocycles. The van der Waals surface area contributed by atoms with Crippen molar-refractivity contribution in [2.45, 2.75) is 19.9 Å². The molecule has 0 fully saturated rings. The highest BCUT2D eigenvalue weighted by Gasteiger charge is 2.12. The van der Waals surface area contributed by atoms with Crippen LogP contribution in [0.15, 0.2) is 23.2 Å². The Balaban J connectivity index is 0.00000338. The molecule has 26 heavy (non-hydrogen) atoms. The summed E-state index contributed by atoms with van der Waals surface area (Å²) in [5, 5.41) is 6.65. The minimum Gasteiger partial charge on any atom is -0.454 e. The van der Waals surface area contributed by atoms with Crippen molar-refractivity contribution in [2.75, 3.05) is 53.7 Å². The quantitative estimate of drug-likeness (QED) is 0.232. The van der Waals surface area contributed by atoms with Crippen LogP contribution in [-0.4, -0.2) is 64.6 Å². The number of hydrogen-bond acceptors (Lipinski definition) is 5. The number of benzene rings is 1.